The van der Waals surface area contributed by atoms with Crippen molar-refractivity contribution in [2.75, 3.05) is 11.9 Å². The van der Waals surface area contributed by atoms with Crippen LogP contribution in [-0.4, -0.2) is 7.05 Å². The maximum Gasteiger partial charge on any atom is 0.101 e. The van der Waals surface area contributed by atoms with E-state index in [0.717, 1.165) is 23.4 Å². The first-order chi connectivity index (χ1) is 9.10. The Kier molecular flexibility index (Phi) is 3.87. The molecule has 0 aromatic heterocycles. The molecule has 0 bridgehead atoms. The predicted octanol–water partition coefficient (Wildman–Crippen LogP) is 3.81. The summed E-state index contributed by atoms with van der Waals surface area (Å²) in [5, 5.41) is 9.22. The lowest BCUT2D eigenvalue weighted by Crippen LogP contribution is -2.17. The van der Waals surface area contributed by atoms with Gasteiger partial charge in [-0.2, -0.15) is 5.26 Å². The van der Waals surface area contributed by atoms with Crippen molar-refractivity contribution in [1.82, 2.24) is 0 Å². The van der Waals surface area contributed by atoms with E-state index in [0.29, 0.717) is 0 Å². The number of rotatable bonds is 3. The molecule has 0 fully saturated rings. The predicted molar refractivity (Wildman–Crippen MR) is 79.2 cm³/mol. The van der Waals surface area contributed by atoms with Crippen molar-refractivity contribution in [1.29, 1.82) is 5.26 Å². The summed E-state index contributed by atoms with van der Waals surface area (Å²) in [5.41, 5.74) is 5.34. The zero-order valence-corrected chi connectivity index (χ0v) is 11.6. The summed E-state index contributed by atoms with van der Waals surface area (Å²) in [6, 6.07) is 16.8. The van der Waals surface area contributed by atoms with Crippen LogP contribution in [-0.2, 0) is 6.54 Å². The van der Waals surface area contributed by atoms with Crippen molar-refractivity contribution in [2.45, 2.75) is 20.4 Å². The van der Waals surface area contributed by atoms with Crippen LogP contribution < -0.4 is 4.90 Å². The molecule has 2 rings (SSSR count). The Morgan fingerprint density at radius 2 is 1.63 bits per heavy atom. The minimum Gasteiger partial charge on any atom is -0.369 e. The van der Waals surface area contributed by atoms with Gasteiger partial charge in [-0.1, -0.05) is 35.9 Å². The Bertz CT molecular complexity index is 606. The highest BCUT2D eigenvalue weighted by Crippen LogP contribution is 2.21. The molecule has 19 heavy (non-hydrogen) atoms. The van der Waals surface area contributed by atoms with Gasteiger partial charge < -0.3 is 4.90 Å². The molecule has 0 heterocycles. The fourth-order valence-corrected chi connectivity index (χ4v) is 2.12. The fourth-order valence-electron chi connectivity index (χ4n) is 2.12. The second-order valence-electron chi connectivity index (χ2n) is 4.97. The van der Waals surface area contributed by atoms with Crippen molar-refractivity contribution < 1.29 is 0 Å². The second kappa shape index (κ2) is 5.58. The molecule has 0 aliphatic rings. The lowest BCUT2D eigenvalue weighted by atomic mass is 10.1. The van der Waals surface area contributed by atoms with E-state index in [1.807, 2.05) is 32.2 Å². The van der Waals surface area contributed by atoms with Crippen molar-refractivity contribution in [3.63, 3.8) is 0 Å². The molecule has 0 radical (unpaired) electrons. The quantitative estimate of drug-likeness (QED) is 0.828. The minimum absolute atomic E-state index is 0.731. The van der Waals surface area contributed by atoms with Gasteiger partial charge >= 0.3 is 0 Å². The van der Waals surface area contributed by atoms with E-state index in [1.54, 1.807) is 0 Å². The smallest absolute Gasteiger partial charge is 0.101 e. The van der Waals surface area contributed by atoms with Crippen LogP contribution in [0.3, 0.4) is 0 Å². The van der Waals surface area contributed by atoms with Gasteiger partial charge in [0.25, 0.3) is 0 Å². The number of nitrogens with zero attached hydrogens (tertiary/aromatic N) is 2. The topological polar surface area (TPSA) is 27.0 Å². The standard InChI is InChI=1S/C17H18N2/c1-13-4-7-15(8-5-13)12-19(3)17-9-6-14(2)10-16(17)11-18/h4-10H,12H2,1-3H3. The number of aryl methyl sites for hydroxylation is 2. The van der Waals surface area contributed by atoms with Crippen LogP contribution in [0.5, 0.6) is 0 Å². The molecule has 2 aromatic carbocycles. The highest BCUT2D eigenvalue weighted by atomic mass is 15.1. The normalized spacial score (nSPS) is 10.0. The Labute approximate surface area is 114 Å². The molecule has 0 aliphatic carbocycles. The molecule has 96 valence electrons. The van der Waals surface area contributed by atoms with Gasteiger partial charge in [0.15, 0.2) is 0 Å². The Morgan fingerprint density at radius 3 is 2.26 bits per heavy atom. The van der Waals surface area contributed by atoms with E-state index in [2.05, 4.69) is 42.2 Å². The van der Waals surface area contributed by atoms with Crippen LogP contribution in [0.25, 0.3) is 0 Å². The monoisotopic (exact) mass is 250 g/mol. The van der Waals surface area contributed by atoms with Gasteiger partial charge in [-0.25, -0.2) is 0 Å². The van der Waals surface area contributed by atoms with Crippen molar-refractivity contribution in [2.24, 2.45) is 0 Å². The molecule has 0 saturated heterocycles. The highest BCUT2D eigenvalue weighted by molar-refractivity contribution is 5.60. The van der Waals surface area contributed by atoms with Crippen LogP contribution >= 0.6 is 0 Å². The van der Waals surface area contributed by atoms with Crippen LogP contribution in [0.15, 0.2) is 42.5 Å². The summed E-state index contributed by atoms with van der Waals surface area (Å²) in [6.45, 7) is 4.89. The molecule has 0 spiro atoms. The zero-order chi connectivity index (χ0) is 13.8. The second-order valence-corrected chi connectivity index (χ2v) is 4.97. The Hall–Kier alpha value is -2.27. The van der Waals surface area contributed by atoms with Gasteiger partial charge in [0.2, 0.25) is 0 Å². The van der Waals surface area contributed by atoms with E-state index in [4.69, 9.17) is 0 Å². The van der Waals surface area contributed by atoms with Gasteiger partial charge in [-0.3, -0.25) is 0 Å². The molecule has 0 amide bonds. The van der Waals surface area contributed by atoms with E-state index < -0.39 is 0 Å². The van der Waals surface area contributed by atoms with Gasteiger partial charge in [-0.05, 0) is 37.1 Å². The fraction of sp³-hybridized carbons (Fsp3) is 0.235. The average molecular weight is 250 g/mol. The molecule has 0 atom stereocenters. The molecular weight excluding hydrogens is 232 g/mol. The third-order valence-corrected chi connectivity index (χ3v) is 3.22. The minimum atomic E-state index is 0.731. The number of hydrogen-bond donors (Lipinski definition) is 0. The molecule has 0 saturated carbocycles. The van der Waals surface area contributed by atoms with Gasteiger partial charge in [0.05, 0.1) is 11.3 Å². The third-order valence-electron chi connectivity index (χ3n) is 3.22. The van der Waals surface area contributed by atoms with Gasteiger partial charge in [0, 0.05) is 13.6 Å². The zero-order valence-electron chi connectivity index (χ0n) is 11.6. The molecule has 2 nitrogen and oxygen atoms in total. The maximum atomic E-state index is 9.22. The van der Waals surface area contributed by atoms with Crippen molar-refractivity contribution in [3.05, 3.63) is 64.7 Å². The molecule has 2 heteroatoms. The van der Waals surface area contributed by atoms with E-state index in [1.165, 1.54) is 11.1 Å². The van der Waals surface area contributed by atoms with Crippen LogP contribution in [0.2, 0.25) is 0 Å². The van der Waals surface area contributed by atoms with E-state index in [9.17, 15) is 5.26 Å². The van der Waals surface area contributed by atoms with Crippen molar-refractivity contribution >= 4 is 5.69 Å². The summed E-state index contributed by atoms with van der Waals surface area (Å²) < 4.78 is 0. The first-order valence-corrected chi connectivity index (χ1v) is 6.37. The largest absolute Gasteiger partial charge is 0.369 e. The Balaban J connectivity index is 2.23. The molecule has 0 aliphatic heterocycles. The van der Waals surface area contributed by atoms with E-state index in [-0.39, 0.29) is 0 Å². The van der Waals surface area contributed by atoms with Crippen LogP contribution in [0, 0.1) is 25.2 Å². The summed E-state index contributed by atoms with van der Waals surface area (Å²) in [6.07, 6.45) is 0. The average Bonchev–Trinajstić information content (AvgIpc) is 2.41. The highest BCUT2D eigenvalue weighted by Gasteiger charge is 2.08. The molecular formula is C17H18N2. The molecule has 0 N–H and O–H groups in total. The number of hydrogen-bond acceptors (Lipinski definition) is 2. The molecule has 2 aromatic rings. The lowest BCUT2D eigenvalue weighted by molar-refractivity contribution is 0.919. The molecule has 0 unspecified atom stereocenters. The number of nitriles is 1. The summed E-state index contributed by atoms with van der Waals surface area (Å²) in [5.74, 6) is 0. The third kappa shape index (κ3) is 3.14. The Morgan fingerprint density at radius 1 is 1.00 bits per heavy atom. The summed E-state index contributed by atoms with van der Waals surface area (Å²) in [7, 11) is 2.02. The first-order valence-electron chi connectivity index (χ1n) is 6.37. The maximum absolute atomic E-state index is 9.22. The SMILES string of the molecule is Cc1ccc(CN(C)c2ccc(C)cc2C#N)cc1. The number of anilines is 1. The van der Waals surface area contributed by atoms with Crippen molar-refractivity contribution in [3.8, 4) is 6.07 Å². The van der Waals surface area contributed by atoms with Crippen LogP contribution in [0.4, 0.5) is 5.69 Å². The number of benzene rings is 2. The van der Waals surface area contributed by atoms with Gasteiger partial charge in [-0.15, -0.1) is 0 Å². The van der Waals surface area contributed by atoms with E-state index >= 15 is 0 Å². The summed E-state index contributed by atoms with van der Waals surface area (Å²) in [4.78, 5) is 2.11. The summed E-state index contributed by atoms with van der Waals surface area (Å²) >= 11 is 0. The lowest BCUT2D eigenvalue weighted by Gasteiger charge is -2.21. The van der Waals surface area contributed by atoms with Crippen LogP contribution in [0.1, 0.15) is 22.3 Å². The first kappa shape index (κ1) is 13.2. The van der Waals surface area contributed by atoms with Gasteiger partial charge in [0.1, 0.15) is 6.07 Å².